The largest absolute Gasteiger partial charge is 0.544 e. The topological polar surface area (TPSA) is 56.9 Å². The molecule has 2 rings (SSSR count). The number of hydrogen-bond donors (Lipinski definition) is 0. The molecule has 2 aromatic heterocycles. The van der Waals surface area contributed by atoms with Crippen molar-refractivity contribution in [3.8, 4) is 0 Å². The highest BCUT2D eigenvalue weighted by Crippen LogP contribution is 1.75. The van der Waals surface area contributed by atoms with Crippen molar-refractivity contribution < 1.29 is 14.5 Å². The summed E-state index contributed by atoms with van der Waals surface area (Å²) < 4.78 is 1.54. The Bertz CT molecular complexity index is 377. The van der Waals surface area contributed by atoms with E-state index in [0.29, 0.717) is 0 Å². The minimum atomic E-state index is -1.07. The maximum atomic E-state index is 10.0. The first-order valence-corrected chi connectivity index (χ1v) is 4.78. The molecule has 0 unspecified atom stereocenters. The predicted octanol–water partition coefficient (Wildman–Crippen LogP) is -0.194. The van der Waals surface area contributed by atoms with Crippen LogP contribution in [0, 0.1) is 0 Å². The highest BCUT2D eigenvalue weighted by atomic mass is 16.4. The molecule has 0 N–H and O–H groups in total. The summed E-state index contributed by atoms with van der Waals surface area (Å²) in [5.74, 6) is -1.07. The maximum absolute atomic E-state index is 10.0. The van der Waals surface area contributed by atoms with Crippen LogP contribution in [0.3, 0.4) is 0 Å². The Labute approximate surface area is 93.8 Å². The SMILES string of the molecule is O=C([O-])C[n+]1ccccc1.c1ccncc1. The second-order valence-corrected chi connectivity index (χ2v) is 2.94. The summed E-state index contributed by atoms with van der Waals surface area (Å²) >= 11 is 0. The second-order valence-electron chi connectivity index (χ2n) is 2.94. The second kappa shape index (κ2) is 7.11. The number of aromatic nitrogens is 2. The summed E-state index contributed by atoms with van der Waals surface area (Å²) in [7, 11) is 0. The van der Waals surface area contributed by atoms with Gasteiger partial charge in [-0.25, -0.2) is 0 Å². The van der Waals surface area contributed by atoms with E-state index in [9.17, 15) is 9.90 Å². The van der Waals surface area contributed by atoms with Crippen molar-refractivity contribution in [3.05, 3.63) is 61.2 Å². The van der Waals surface area contributed by atoms with Crippen LogP contribution >= 0.6 is 0 Å². The van der Waals surface area contributed by atoms with Crippen molar-refractivity contribution in [1.29, 1.82) is 0 Å². The molecule has 0 spiro atoms. The van der Waals surface area contributed by atoms with Gasteiger partial charge in [0.15, 0.2) is 18.9 Å². The molecule has 82 valence electrons. The van der Waals surface area contributed by atoms with Crippen molar-refractivity contribution >= 4 is 5.97 Å². The van der Waals surface area contributed by atoms with E-state index in [-0.39, 0.29) is 6.54 Å². The van der Waals surface area contributed by atoms with Crippen LogP contribution in [0.15, 0.2) is 61.2 Å². The highest BCUT2D eigenvalue weighted by Gasteiger charge is 1.94. The highest BCUT2D eigenvalue weighted by molar-refractivity contribution is 5.62. The molecule has 0 aliphatic rings. The van der Waals surface area contributed by atoms with E-state index in [1.54, 1.807) is 36.9 Å². The van der Waals surface area contributed by atoms with E-state index >= 15 is 0 Å². The Morgan fingerprint density at radius 2 is 1.56 bits per heavy atom. The molecular formula is C12H12N2O2. The van der Waals surface area contributed by atoms with Gasteiger partial charge in [-0.1, -0.05) is 12.1 Å². The van der Waals surface area contributed by atoms with Gasteiger partial charge in [-0.3, -0.25) is 4.98 Å². The van der Waals surface area contributed by atoms with Crippen LogP contribution < -0.4 is 9.67 Å². The standard InChI is InChI=1S/C7H7NO2.C5H5N/c9-7(10)6-8-4-2-1-3-5-8;1-2-4-6-5-3-1/h1-5H,6H2;1-5H. The number of hydrogen-bond acceptors (Lipinski definition) is 3. The van der Waals surface area contributed by atoms with Gasteiger partial charge in [0, 0.05) is 24.5 Å². The van der Waals surface area contributed by atoms with E-state index < -0.39 is 5.97 Å². The number of pyridine rings is 2. The number of carbonyl (C=O) groups is 1. The predicted molar refractivity (Wildman–Crippen MR) is 55.9 cm³/mol. The third-order valence-corrected chi connectivity index (χ3v) is 1.66. The Balaban J connectivity index is 0.000000181. The molecular weight excluding hydrogens is 204 g/mol. The zero-order valence-electron chi connectivity index (χ0n) is 8.69. The van der Waals surface area contributed by atoms with Gasteiger partial charge in [0.05, 0.1) is 0 Å². The van der Waals surface area contributed by atoms with E-state index in [1.807, 2.05) is 24.3 Å². The molecule has 0 saturated heterocycles. The van der Waals surface area contributed by atoms with Crippen LogP contribution in [-0.4, -0.2) is 11.0 Å². The zero-order valence-corrected chi connectivity index (χ0v) is 8.69. The van der Waals surface area contributed by atoms with E-state index in [0.717, 1.165) is 0 Å². The summed E-state index contributed by atoms with van der Waals surface area (Å²) in [5, 5.41) is 10.0. The molecule has 0 saturated carbocycles. The first kappa shape index (κ1) is 11.8. The first-order chi connectivity index (χ1) is 7.79. The normalized spacial score (nSPS) is 8.75. The van der Waals surface area contributed by atoms with E-state index in [4.69, 9.17) is 0 Å². The van der Waals surface area contributed by atoms with Gasteiger partial charge >= 0.3 is 0 Å². The van der Waals surface area contributed by atoms with Gasteiger partial charge in [0.1, 0.15) is 5.97 Å². The average Bonchev–Trinajstić information content (AvgIpc) is 2.32. The Morgan fingerprint density at radius 3 is 1.94 bits per heavy atom. The van der Waals surface area contributed by atoms with Crippen LogP contribution in [0.4, 0.5) is 0 Å². The molecule has 0 aromatic carbocycles. The molecule has 0 aliphatic carbocycles. The Kier molecular flexibility index (Phi) is 5.27. The number of carbonyl (C=O) groups excluding carboxylic acids is 1. The Morgan fingerprint density at radius 1 is 1.00 bits per heavy atom. The molecule has 0 aliphatic heterocycles. The monoisotopic (exact) mass is 216 g/mol. The molecule has 2 aromatic rings. The molecule has 0 bridgehead atoms. The minimum Gasteiger partial charge on any atom is -0.544 e. The quantitative estimate of drug-likeness (QED) is 0.653. The van der Waals surface area contributed by atoms with Gasteiger partial charge in [-0.15, -0.1) is 0 Å². The smallest absolute Gasteiger partial charge is 0.187 e. The van der Waals surface area contributed by atoms with Gasteiger partial charge < -0.3 is 9.90 Å². The molecule has 0 atom stereocenters. The van der Waals surface area contributed by atoms with Crippen LogP contribution in [-0.2, 0) is 11.3 Å². The van der Waals surface area contributed by atoms with Crippen LogP contribution in [0.5, 0.6) is 0 Å². The lowest BCUT2D eigenvalue weighted by atomic mass is 10.5. The molecule has 2 heterocycles. The molecule has 4 nitrogen and oxygen atoms in total. The van der Waals surface area contributed by atoms with Crippen molar-refractivity contribution in [2.75, 3.05) is 0 Å². The molecule has 0 amide bonds. The summed E-state index contributed by atoms with van der Waals surface area (Å²) in [6.07, 6.45) is 6.85. The molecule has 0 radical (unpaired) electrons. The fraction of sp³-hybridized carbons (Fsp3) is 0.0833. The lowest BCUT2D eigenvalue weighted by molar-refractivity contribution is -0.690. The number of carboxylic acids is 1. The minimum absolute atomic E-state index is 0.0825. The number of nitrogens with zero attached hydrogens (tertiary/aromatic N) is 2. The van der Waals surface area contributed by atoms with Crippen LogP contribution in [0.1, 0.15) is 0 Å². The van der Waals surface area contributed by atoms with Crippen LogP contribution in [0.2, 0.25) is 0 Å². The van der Waals surface area contributed by atoms with Gasteiger partial charge in [0.2, 0.25) is 0 Å². The third-order valence-electron chi connectivity index (χ3n) is 1.66. The summed E-state index contributed by atoms with van der Waals surface area (Å²) in [6, 6.07) is 11.1. The van der Waals surface area contributed by atoms with Crippen molar-refractivity contribution in [2.24, 2.45) is 0 Å². The molecule has 16 heavy (non-hydrogen) atoms. The van der Waals surface area contributed by atoms with Crippen molar-refractivity contribution in [3.63, 3.8) is 0 Å². The fourth-order valence-electron chi connectivity index (χ4n) is 1.00. The zero-order chi connectivity index (χ0) is 11.6. The lowest BCUT2D eigenvalue weighted by Crippen LogP contribution is -2.43. The number of rotatable bonds is 2. The lowest BCUT2D eigenvalue weighted by Gasteiger charge is -1.94. The number of carboxylic acid groups (broad SMARTS) is 1. The molecule has 0 fully saturated rings. The van der Waals surface area contributed by atoms with Crippen molar-refractivity contribution in [2.45, 2.75) is 6.54 Å². The third kappa shape index (κ3) is 5.49. The summed E-state index contributed by atoms with van der Waals surface area (Å²) in [6.45, 7) is -0.0825. The summed E-state index contributed by atoms with van der Waals surface area (Å²) in [4.78, 5) is 13.8. The van der Waals surface area contributed by atoms with Crippen molar-refractivity contribution in [1.82, 2.24) is 4.98 Å². The van der Waals surface area contributed by atoms with Gasteiger partial charge in [0.25, 0.3) is 0 Å². The van der Waals surface area contributed by atoms with Gasteiger partial charge in [-0.05, 0) is 12.1 Å². The summed E-state index contributed by atoms with van der Waals surface area (Å²) in [5.41, 5.74) is 0. The fourth-order valence-corrected chi connectivity index (χ4v) is 1.00. The van der Waals surface area contributed by atoms with Gasteiger partial charge in [-0.2, -0.15) is 4.57 Å². The van der Waals surface area contributed by atoms with E-state index in [2.05, 4.69) is 4.98 Å². The number of aliphatic carboxylic acids is 1. The molecule has 4 heteroatoms. The first-order valence-electron chi connectivity index (χ1n) is 4.78. The Hall–Kier alpha value is -2.23. The average molecular weight is 216 g/mol. The van der Waals surface area contributed by atoms with Crippen LogP contribution in [0.25, 0.3) is 0 Å². The van der Waals surface area contributed by atoms with E-state index in [1.165, 1.54) is 4.57 Å². The maximum Gasteiger partial charge on any atom is 0.187 e.